The molecular formula is C21H27N7O3. The molecule has 1 amide bonds. The third kappa shape index (κ3) is 4.74. The first kappa shape index (κ1) is 21.0. The van der Waals surface area contributed by atoms with E-state index in [4.69, 9.17) is 0 Å². The lowest BCUT2D eigenvalue weighted by atomic mass is 10.1. The van der Waals surface area contributed by atoms with E-state index in [1.54, 1.807) is 4.90 Å². The van der Waals surface area contributed by atoms with Gasteiger partial charge < -0.3 is 19.6 Å². The largest absolute Gasteiger partial charge is 0.354 e. The predicted octanol–water partition coefficient (Wildman–Crippen LogP) is 1.41. The topological polar surface area (TPSA) is 99.0 Å². The quantitative estimate of drug-likeness (QED) is 0.536. The molecule has 2 fully saturated rings. The van der Waals surface area contributed by atoms with E-state index < -0.39 is 4.92 Å². The zero-order valence-corrected chi connectivity index (χ0v) is 17.9. The monoisotopic (exact) mass is 425 g/mol. The number of nitro benzene ring substituents is 1. The van der Waals surface area contributed by atoms with Gasteiger partial charge >= 0.3 is 0 Å². The summed E-state index contributed by atoms with van der Waals surface area (Å²) in [6, 6.07) is 7.82. The summed E-state index contributed by atoms with van der Waals surface area (Å²) in [5, 5.41) is 10.8. The Labute approximate surface area is 181 Å². The highest BCUT2D eigenvalue weighted by molar-refractivity contribution is 5.94. The van der Waals surface area contributed by atoms with Gasteiger partial charge in [-0.1, -0.05) is 0 Å². The van der Waals surface area contributed by atoms with Gasteiger partial charge in [-0.2, -0.15) is 0 Å². The highest BCUT2D eigenvalue weighted by atomic mass is 16.6. The van der Waals surface area contributed by atoms with Crippen LogP contribution in [-0.2, 0) is 0 Å². The molecule has 4 rings (SSSR count). The van der Waals surface area contributed by atoms with Crippen molar-refractivity contribution in [3.63, 3.8) is 0 Å². The Hall–Kier alpha value is -3.27. The van der Waals surface area contributed by atoms with Crippen LogP contribution in [0.1, 0.15) is 16.2 Å². The lowest BCUT2D eigenvalue weighted by Crippen LogP contribution is -2.49. The molecule has 0 radical (unpaired) electrons. The maximum atomic E-state index is 12.8. The number of hydrogen-bond donors (Lipinski definition) is 0. The van der Waals surface area contributed by atoms with Crippen molar-refractivity contribution < 1.29 is 9.72 Å². The van der Waals surface area contributed by atoms with Gasteiger partial charge in [-0.3, -0.25) is 14.9 Å². The van der Waals surface area contributed by atoms with Gasteiger partial charge in [0.05, 0.1) is 4.92 Å². The maximum Gasteiger partial charge on any atom is 0.269 e. The zero-order valence-electron chi connectivity index (χ0n) is 17.9. The van der Waals surface area contributed by atoms with Crippen molar-refractivity contribution in [3.8, 4) is 0 Å². The van der Waals surface area contributed by atoms with E-state index in [0.717, 1.165) is 43.6 Å². The van der Waals surface area contributed by atoms with E-state index in [0.29, 0.717) is 31.7 Å². The summed E-state index contributed by atoms with van der Waals surface area (Å²) in [5.74, 6) is 2.49. The van der Waals surface area contributed by atoms with Crippen LogP contribution in [0.4, 0.5) is 17.3 Å². The first-order chi connectivity index (χ1) is 14.9. The Morgan fingerprint density at radius 3 is 1.94 bits per heavy atom. The molecule has 31 heavy (non-hydrogen) atoms. The first-order valence-electron chi connectivity index (χ1n) is 10.5. The van der Waals surface area contributed by atoms with Gasteiger partial charge in [0.25, 0.3) is 11.6 Å². The van der Waals surface area contributed by atoms with Crippen LogP contribution in [0, 0.1) is 17.0 Å². The van der Waals surface area contributed by atoms with Crippen molar-refractivity contribution in [3.05, 3.63) is 51.8 Å². The van der Waals surface area contributed by atoms with Gasteiger partial charge in [-0.05, 0) is 26.1 Å². The van der Waals surface area contributed by atoms with Crippen LogP contribution in [-0.4, -0.2) is 90.0 Å². The van der Waals surface area contributed by atoms with Crippen molar-refractivity contribution in [2.75, 3.05) is 69.2 Å². The molecule has 164 valence electrons. The number of amides is 1. The molecule has 0 spiro atoms. The number of non-ortho nitro benzene ring substituents is 1. The number of anilines is 2. The fourth-order valence-corrected chi connectivity index (χ4v) is 3.94. The number of rotatable bonds is 4. The molecule has 2 aliphatic heterocycles. The third-order valence-corrected chi connectivity index (χ3v) is 5.85. The third-order valence-electron chi connectivity index (χ3n) is 5.85. The van der Waals surface area contributed by atoms with Crippen LogP contribution < -0.4 is 9.80 Å². The van der Waals surface area contributed by atoms with E-state index in [2.05, 4.69) is 31.7 Å². The molecule has 1 aromatic carbocycles. The minimum atomic E-state index is -0.465. The molecule has 0 saturated carbocycles. The highest BCUT2D eigenvalue weighted by Crippen LogP contribution is 2.22. The van der Waals surface area contributed by atoms with Crippen LogP contribution >= 0.6 is 0 Å². The van der Waals surface area contributed by atoms with Gasteiger partial charge in [0.2, 0.25) is 0 Å². The van der Waals surface area contributed by atoms with Crippen LogP contribution in [0.2, 0.25) is 0 Å². The zero-order chi connectivity index (χ0) is 22.0. The molecule has 0 aliphatic carbocycles. The summed E-state index contributed by atoms with van der Waals surface area (Å²) in [4.78, 5) is 41.0. The normalized spacial score (nSPS) is 17.7. The highest BCUT2D eigenvalue weighted by Gasteiger charge is 2.25. The minimum Gasteiger partial charge on any atom is -0.354 e. The SMILES string of the molecule is Cc1nc(N2CCN(C)CC2)cc(N2CCN(C(=O)c3ccc([N+](=O)[O-])cc3)CC2)n1. The number of carbonyl (C=O) groups excluding carboxylic acids is 1. The Kier molecular flexibility index (Phi) is 5.99. The molecule has 0 unspecified atom stereocenters. The van der Waals surface area contributed by atoms with Gasteiger partial charge in [0.15, 0.2) is 0 Å². The van der Waals surface area contributed by atoms with E-state index >= 15 is 0 Å². The summed E-state index contributed by atoms with van der Waals surface area (Å²) >= 11 is 0. The second-order valence-electron chi connectivity index (χ2n) is 8.01. The Morgan fingerprint density at radius 2 is 1.42 bits per heavy atom. The Balaban J connectivity index is 1.40. The standard InChI is InChI=1S/C21H27N7O3/c1-16-22-19(25-9-7-24(2)8-10-25)15-20(23-16)26-11-13-27(14-12-26)21(29)17-3-5-18(6-4-17)28(30)31/h3-6,15H,7-14H2,1-2H3. The Bertz CT molecular complexity index is 950. The molecule has 1 aromatic heterocycles. The fourth-order valence-electron chi connectivity index (χ4n) is 3.94. The smallest absolute Gasteiger partial charge is 0.269 e. The van der Waals surface area contributed by atoms with Crippen molar-refractivity contribution >= 4 is 23.2 Å². The summed E-state index contributed by atoms with van der Waals surface area (Å²) in [7, 11) is 2.13. The molecule has 2 aliphatic rings. The van der Waals surface area contributed by atoms with Crippen LogP contribution in [0.3, 0.4) is 0 Å². The number of aryl methyl sites for hydroxylation is 1. The lowest BCUT2D eigenvalue weighted by Gasteiger charge is -2.37. The second-order valence-corrected chi connectivity index (χ2v) is 8.01. The van der Waals surface area contributed by atoms with E-state index in [1.165, 1.54) is 24.3 Å². The second kappa shape index (κ2) is 8.84. The van der Waals surface area contributed by atoms with Gasteiger partial charge in [0.1, 0.15) is 17.5 Å². The van der Waals surface area contributed by atoms with Crippen LogP contribution in [0.5, 0.6) is 0 Å². The first-order valence-corrected chi connectivity index (χ1v) is 10.5. The summed E-state index contributed by atoms with van der Waals surface area (Å²) in [6.45, 7) is 8.34. The summed E-state index contributed by atoms with van der Waals surface area (Å²) in [6.07, 6.45) is 0. The van der Waals surface area contributed by atoms with Crippen molar-refractivity contribution in [1.82, 2.24) is 19.8 Å². The molecule has 10 heteroatoms. The van der Waals surface area contributed by atoms with E-state index in [9.17, 15) is 14.9 Å². The predicted molar refractivity (Wildman–Crippen MR) is 118 cm³/mol. The average Bonchev–Trinajstić information content (AvgIpc) is 2.79. The molecule has 3 heterocycles. The fraction of sp³-hybridized carbons (Fsp3) is 0.476. The minimum absolute atomic E-state index is 0.0170. The average molecular weight is 425 g/mol. The summed E-state index contributed by atoms with van der Waals surface area (Å²) < 4.78 is 0. The number of hydrogen-bond acceptors (Lipinski definition) is 8. The molecule has 0 N–H and O–H groups in total. The molecular weight excluding hydrogens is 398 g/mol. The van der Waals surface area contributed by atoms with Crippen molar-refractivity contribution in [1.29, 1.82) is 0 Å². The number of nitrogens with zero attached hydrogens (tertiary/aromatic N) is 7. The number of carbonyl (C=O) groups is 1. The number of nitro groups is 1. The molecule has 0 atom stereocenters. The molecule has 10 nitrogen and oxygen atoms in total. The van der Waals surface area contributed by atoms with Crippen molar-refractivity contribution in [2.45, 2.75) is 6.92 Å². The lowest BCUT2D eigenvalue weighted by molar-refractivity contribution is -0.384. The molecule has 2 saturated heterocycles. The molecule has 2 aromatic rings. The van der Waals surface area contributed by atoms with Gasteiger partial charge in [-0.25, -0.2) is 9.97 Å². The molecule has 0 bridgehead atoms. The number of piperazine rings is 2. The van der Waals surface area contributed by atoms with Gasteiger partial charge in [0, 0.05) is 76.1 Å². The number of likely N-dealkylation sites (N-methyl/N-ethyl adjacent to an activating group) is 1. The van der Waals surface area contributed by atoms with Crippen LogP contribution in [0.15, 0.2) is 30.3 Å². The number of aromatic nitrogens is 2. The van der Waals surface area contributed by atoms with Gasteiger partial charge in [-0.15, -0.1) is 0 Å². The summed E-state index contributed by atoms with van der Waals surface area (Å²) in [5.41, 5.74) is 0.450. The Morgan fingerprint density at radius 1 is 0.903 bits per heavy atom. The maximum absolute atomic E-state index is 12.8. The van der Waals surface area contributed by atoms with Crippen LogP contribution in [0.25, 0.3) is 0 Å². The van der Waals surface area contributed by atoms with E-state index in [-0.39, 0.29) is 11.6 Å². The van der Waals surface area contributed by atoms with E-state index in [1.807, 2.05) is 13.0 Å². The number of benzene rings is 1. The van der Waals surface area contributed by atoms with Crippen molar-refractivity contribution in [2.24, 2.45) is 0 Å².